The first-order valence-corrected chi connectivity index (χ1v) is 8.20. The van der Waals surface area contributed by atoms with E-state index in [4.69, 9.17) is 0 Å². The van der Waals surface area contributed by atoms with Crippen molar-refractivity contribution >= 4 is 40.0 Å². The summed E-state index contributed by atoms with van der Waals surface area (Å²) in [4.78, 5) is 4.01. The van der Waals surface area contributed by atoms with Crippen molar-refractivity contribution in [2.75, 3.05) is 26.7 Å². The number of alkyl halides is 3. The summed E-state index contributed by atoms with van der Waals surface area (Å²) in [5, 5.41) is 6.15. The summed E-state index contributed by atoms with van der Waals surface area (Å²) in [5.74, 6) is 0.578. The van der Waals surface area contributed by atoms with Crippen molar-refractivity contribution in [3.05, 3.63) is 0 Å². The van der Waals surface area contributed by atoms with E-state index in [0.717, 1.165) is 13.0 Å². The van der Waals surface area contributed by atoms with Gasteiger partial charge in [0.05, 0.1) is 0 Å². The molecule has 0 radical (unpaired) electrons. The van der Waals surface area contributed by atoms with E-state index in [2.05, 4.69) is 15.6 Å². The van der Waals surface area contributed by atoms with E-state index in [1.54, 1.807) is 7.05 Å². The van der Waals surface area contributed by atoms with Crippen LogP contribution in [0.4, 0.5) is 13.2 Å². The second-order valence-corrected chi connectivity index (χ2v) is 6.70. The number of sulfonamides is 1. The highest BCUT2D eigenvalue weighted by atomic mass is 127. The van der Waals surface area contributed by atoms with Gasteiger partial charge in [0.15, 0.2) is 5.96 Å². The van der Waals surface area contributed by atoms with Crippen LogP contribution in [0.2, 0.25) is 0 Å². The number of halogens is 4. The lowest BCUT2D eigenvalue weighted by molar-refractivity contribution is -0.0494. The molecule has 0 aromatic rings. The number of hydrogen-bond donors (Lipinski definition) is 2. The van der Waals surface area contributed by atoms with Crippen molar-refractivity contribution in [1.82, 2.24) is 14.9 Å². The lowest BCUT2D eigenvalue weighted by atomic mass is 10.1. The third-order valence-corrected chi connectivity index (χ3v) is 4.82. The largest absolute Gasteiger partial charge is 0.511 e. The number of piperidine rings is 1. The maximum Gasteiger partial charge on any atom is 0.511 e. The molecular formula is C11H22F3IN4O2S. The van der Waals surface area contributed by atoms with Crippen LogP contribution < -0.4 is 10.6 Å². The van der Waals surface area contributed by atoms with Crippen molar-refractivity contribution < 1.29 is 21.6 Å². The summed E-state index contributed by atoms with van der Waals surface area (Å²) in [5.41, 5.74) is -5.23. The average Bonchev–Trinajstić information content (AvgIpc) is 2.42. The second-order valence-electron chi connectivity index (χ2n) is 4.77. The molecule has 1 heterocycles. The Labute approximate surface area is 146 Å². The standard InChI is InChI=1S/C11H21F3N4O2S.HI/c1-3-6-16-10(15-2)17-9-4-7-18(8-5-9)21(19,20)11(12,13)14;/h9H,3-8H2,1-2H3,(H2,15,16,17);1H. The van der Waals surface area contributed by atoms with Gasteiger partial charge in [0.2, 0.25) is 0 Å². The predicted molar refractivity (Wildman–Crippen MR) is 89.8 cm³/mol. The molecule has 0 saturated carbocycles. The Morgan fingerprint density at radius 1 is 1.32 bits per heavy atom. The topological polar surface area (TPSA) is 73.8 Å². The minimum Gasteiger partial charge on any atom is -0.356 e. The first kappa shape index (κ1) is 21.7. The van der Waals surface area contributed by atoms with Crippen molar-refractivity contribution in [2.24, 2.45) is 4.99 Å². The molecular weight excluding hydrogens is 436 g/mol. The van der Waals surface area contributed by atoms with Crippen LogP contribution in [-0.2, 0) is 10.0 Å². The van der Waals surface area contributed by atoms with Gasteiger partial charge in [0.25, 0.3) is 0 Å². The van der Waals surface area contributed by atoms with Crippen LogP contribution in [0.1, 0.15) is 26.2 Å². The zero-order valence-electron chi connectivity index (χ0n) is 12.5. The van der Waals surface area contributed by atoms with Gasteiger partial charge in [-0.3, -0.25) is 4.99 Å². The minimum atomic E-state index is -5.23. The summed E-state index contributed by atoms with van der Waals surface area (Å²) in [6.07, 6.45) is 1.53. The Morgan fingerprint density at radius 2 is 1.86 bits per heavy atom. The smallest absolute Gasteiger partial charge is 0.356 e. The van der Waals surface area contributed by atoms with Gasteiger partial charge in [-0.1, -0.05) is 6.92 Å². The van der Waals surface area contributed by atoms with Gasteiger partial charge in [0.1, 0.15) is 0 Å². The van der Waals surface area contributed by atoms with E-state index in [1.165, 1.54) is 0 Å². The average molecular weight is 458 g/mol. The molecule has 0 amide bonds. The summed E-state index contributed by atoms with van der Waals surface area (Å²) < 4.78 is 60.4. The van der Waals surface area contributed by atoms with Crippen LogP contribution in [0, 0.1) is 0 Å². The molecule has 0 atom stereocenters. The number of guanidine groups is 1. The van der Waals surface area contributed by atoms with Gasteiger partial charge in [-0.2, -0.15) is 17.5 Å². The number of nitrogens with zero attached hydrogens (tertiary/aromatic N) is 2. The summed E-state index contributed by atoms with van der Waals surface area (Å²) in [6, 6.07) is -0.0901. The Morgan fingerprint density at radius 3 is 2.27 bits per heavy atom. The highest BCUT2D eigenvalue weighted by Gasteiger charge is 2.50. The molecule has 2 N–H and O–H groups in total. The monoisotopic (exact) mass is 458 g/mol. The van der Waals surface area contributed by atoms with Crippen molar-refractivity contribution in [2.45, 2.75) is 37.7 Å². The van der Waals surface area contributed by atoms with Crippen molar-refractivity contribution in [1.29, 1.82) is 0 Å². The maximum absolute atomic E-state index is 12.4. The van der Waals surface area contributed by atoms with E-state index < -0.39 is 15.5 Å². The van der Waals surface area contributed by atoms with Crippen molar-refractivity contribution in [3.8, 4) is 0 Å². The van der Waals surface area contributed by atoms with Gasteiger partial charge in [0, 0.05) is 32.7 Å². The molecule has 1 fully saturated rings. The molecule has 1 rings (SSSR count). The van der Waals surface area contributed by atoms with Crippen LogP contribution in [0.15, 0.2) is 4.99 Å². The molecule has 0 aromatic carbocycles. The second kappa shape index (κ2) is 9.11. The number of aliphatic imine (C=N–C) groups is 1. The Hall–Kier alpha value is -0.300. The van der Waals surface area contributed by atoms with E-state index >= 15 is 0 Å². The zero-order valence-corrected chi connectivity index (χ0v) is 15.6. The van der Waals surface area contributed by atoms with Crippen LogP contribution in [-0.4, -0.2) is 56.9 Å². The molecule has 22 heavy (non-hydrogen) atoms. The highest BCUT2D eigenvalue weighted by Crippen LogP contribution is 2.28. The third kappa shape index (κ3) is 5.72. The lowest BCUT2D eigenvalue weighted by Gasteiger charge is -2.32. The highest BCUT2D eigenvalue weighted by molar-refractivity contribution is 14.0. The molecule has 1 saturated heterocycles. The van der Waals surface area contributed by atoms with Crippen LogP contribution in [0.25, 0.3) is 0 Å². The van der Waals surface area contributed by atoms with Gasteiger partial charge in [-0.15, -0.1) is 24.0 Å². The number of hydrogen-bond acceptors (Lipinski definition) is 3. The molecule has 11 heteroatoms. The van der Waals surface area contributed by atoms with E-state index in [1.807, 2.05) is 6.92 Å². The first-order chi connectivity index (χ1) is 9.72. The summed E-state index contributed by atoms with van der Waals surface area (Å²) in [7, 11) is -3.61. The molecule has 1 aliphatic rings. The molecule has 0 aliphatic carbocycles. The number of nitrogens with one attached hydrogen (secondary N) is 2. The molecule has 6 nitrogen and oxygen atoms in total. The van der Waals surface area contributed by atoms with Gasteiger partial charge >= 0.3 is 15.5 Å². The Bertz CT molecular complexity index is 462. The van der Waals surface area contributed by atoms with Gasteiger partial charge < -0.3 is 10.6 Å². The van der Waals surface area contributed by atoms with Crippen molar-refractivity contribution in [3.63, 3.8) is 0 Å². The molecule has 0 bridgehead atoms. The van der Waals surface area contributed by atoms with E-state index in [9.17, 15) is 21.6 Å². The Balaban J connectivity index is 0.00000441. The molecule has 0 unspecified atom stereocenters. The quantitative estimate of drug-likeness (QED) is 0.381. The third-order valence-electron chi connectivity index (χ3n) is 3.19. The minimum absolute atomic E-state index is 0. The summed E-state index contributed by atoms with van der Waals surface area (Å²) in [6.45, 7) is 2.44. The molecule has 1 aliphatic heterocycles. The predicted octanol–water partition coefficient (Wildman–Crippen LogP) is 1.49. The molecule has 0 spiro atoms. The Kier molecular flexibility index (Phi) is 8.98. The van der Waals surface area contributed by atoms with E-state index in [-0.39, 0.29) is 43.1 Å². The number of rotatable bonds is 4. The van der Waals surface area contributed by atoms with Crippen LogP contribution in [0.3, 0.4) is 0 Å². The fourth-order valence-corrected chi connectivity index (χ4v) is 3.00. The zero-order chi connectivity index (χ0) is 16.1. The van der Waals surface area contributed by atoms with E-state index in [0.29, 0.717) is 23.1 Å². The van der Waals surface area contributed by atoms with Gasteiger partial charge in [-0.25, -0.2) is 8.42 Å². The lowest BCUT2D eigenvalue weighted by Crippen LogP contribution is -2.51. The normalized spacial score (nSPS) is 18.7. The fourth-order valence-electron chi connectivity index (χ4n) is 2.02. The maximum atomic E-state index is 12.4. The van der Waals surface area contributed by atoms with Gasteiger partial charge in [-0.05, 0) is 19.3 Å². The first-order valence-electron chi connectivity index (χ1n) is 6.76. The fraction of sp³-hybridized carbons (Fsp3) is 0.909. The summed E-state index contributed by atoms with van der Waals surface area (Å²) >= 11 is 0. The molecule has 132 valence electrons. The van der Waals surface area contributed by atoms with Crippen LogP contribution >= 0.6 is 24.0 Å². The van der Waals surface area contributed by atoms with Crippen LogP contribution in [0.5, 0.6) is 0 Å². The molecule has 0 aromatic heterocycles. The SMILES string of the molecule is CCCNC(=NC)NC1CCN(S(=O)(=O)C(F)(F)F)CC1.I.